The minimum atomic E-state index is -0.783. The van der Waals surface area contributed by atoms with E-state index in [1.807, 2.05) is 30.0 Å². The predicted octanol–water partition coefficient (Wildman–Crippen LogP) is 2.27. The first kappa shape index (κ1) is 15.4. The molecule has 1 N–H and O–H groups in total. The van der Waals surface area contributed by atoms with E-state index in [1.54, 1.807) is 7.11 Å². The fraction of sp³-hybridized carbons (Fsp3) is 0.438. The van der Waals surface area contributed by atoms with Gasteiger partial charge in [-0.15, -0.1) is 0 Å². The molecule has 0 atom stereocenters. The molecule has 0 unspecified atom stereocenters. The van der Waals surface area contributed by atoms with E-state index in [9.17, 15) is 4.79 Å². The van der Waals surface area contributed by atoms with Crippen molar-refractivity contribution < 1.29 is 19.4 Å². The van der Waals surface area contributed by atoms with Crippen LogP contribution in [-0.2, 0) is 4.79 Å². The summed E-state index contributed by atoms with van der Waals surface area (Å²) in [6, 6.07) is 5.91. The van der Waals surface area contributed by atoms with E-state index >= 15 is 0 Å². The van der Waals surface area contributed by atoms with Crippen LogP contribution >= 0.6 is 0 Å². The SMILES string of the molecule is CCOc1ccc(C2=CCN(CC(=O)O)CC2)cc1OC. The van der Waals surface area contributed by atoms with Crippen LogP contribution in [0.5, 0.6) is 11.5 Å². The molecule has 5 nitrogen and oxygen atoms in total. The molecule has 0 spiro atoms. The predicted molar refractivity (Wildman–Crippen MR) is 80.8 cm³/mol. The summed E-state index contributed by atoms with van der Waals surface area (Å²) in [7, 11) is 1.63. The average molecular weight is 291 g/mol. The van der Waals surface area contributed by atoms with Crippen LogP contribution in [0, 0.1) is 0 Å². The molecule has 1 aromatic rings. The van der Waals surface area contributed by atoms with Gasteiger partial charge in [0.1, 0.15) is 0 Å². The van der Waals surface area contributed by atoms with Gasteiger partial charge in [0.15, 0.2) is 11.5 Å². The molecule has 0 aromatic heterocycles. The standard InChI is InChI=1S/C16H21NO4/c1-3-21-14-5-4-13(10-15(14)20-2)12-6-8-17(9-7-12)11-16(18)19/h4-6,10H,3,7-9,11H2,1-2H3,(H,18,19). The van der Waals surface area contributed by atoms with E-state index in [0.717, 1.165) is 30.0 Å². The fourth-order valence-corrected chi connectivity index (χ4v) is 2.45. The Morgan fingerprint density at radius 3 is 2.76 bits per heavy atom. The van der Waals surface area contributed by atoms with E-state index in [-0.39, 0.29) is 6.54 Å². The fourth-order valence-electron chi connectivity index (χ4n) is 2.45. The second-order valence-corrected chi connectivity index (χ2v) is 4.91. The Balaban J connectivity index is 2.12. The number of carboxylic acids is 1. The van der Waals surface area contributed by atoms with E-state index in [2.05, 4.69) is 6.08 Å². The second kappa shape index (κ2) is 7.13. The Hall–Kier alpha value is -2.01. The Kier molecular flexibility index (Phi) is 5.22. The summed E-state index contributed by atoms with van der Waals surface area (Å²) in [5.41, 5.74) is 2.32. The van der Waals surface area contributed by atoms with Crippen molar-refractivity contribution in [2.24, 2.45) is 0 Å². The average Bonchev–Trinajstić information content (AvgIpc) is 2.48. The van der Waals surface area contributed by atoms with Crippen LogP contribution in [0.15, 0.2) is 24.3 Å². The minimum absolute atomic E-state index is 0.0936. The van der Waals surface area contributed by atoms with Crippen molar-refractivity contribution in [1.82, 2.24) is 4.90 Å². The van der Waals surface area contributed by atoms with Crippen molar-refractivity contribution in [3.8, 4) is 11.5 Å². The van der Waals surface area contributed by atoms with Gasteiger partial charge >= 0.3 is 5.97 Å². The van der Waals surface area contributed by atoms with E-state index < -0.39 is 5.97 Å². The van der Waals surface area contributed by atoms with Crippen LogP contribution in [0.3, 0.4) is 0 Å². The van der Waals surface area contributed by atoms with Gasteiger partial charge in [-0.25, -0.2) is 0 Å². The Labute approximate surface area is 124 Å². The van der Waals surface area contributed by atoms with Crippen molar-refractivity contribution in [1.29, 1.82) is 0 Å². The summed E-state index contributed by atoms with van der Waals surface area (Å²) in [5, 5.41) is 8.81. The van der Waals surface area contributed by atoms with E-state index in [4.69, 9.17) is 14.6 Å². The van der Waals surface area contributed by atoms with Crippen LogP contribution in [-0.4, -0.2) is 49.3 Å². The van der Waals surface area contributed by atoms with E-state index in [0.29, 0.717) is 13.2 Å². The molecule has 1 heterocycles. The third-order valence-electron chi connectivity index (χ3n) is 3.49. The molecular formula is C16H21NO4. The summed E-state index contributed by atoms with van der Waals surface area (Å²) in [6.07, 6.45) is 2.92. The highest BCUT2D eigenvalue weighted by Gasteiger charge is 2.16. The smallest absolute Gasteiger partial charge is 0.317 e. The molecule has 2 rings (SSSR count). The second-order valence-electron chi connectivity index (χ2n) is 4.91. The highest BCUT2D eigenvalue weighted by atomic mass is 16.5. The van der Waals surface area contributed by atoms with Gasteiger partial charge in [-0.1, -0.05) is 12.1 Å². The normalized spacial score (nSPS) is 15.4. The summed E-state index contributed by atoms with van der Waals surface area (Å²) in [6.45, 7) is 4.05. The molecule has 0 radical (unpaired) electrons. The minimum Gasteiger partial charge on any atom is -0.493 e. The molecule has 114 valence electrons. The van der Waals surface area contributed by atoms with Gasteiger partial charge in [-0.2, -0.15) is 0 Å². The zero-order valence-corrected chi connectivity index (χ0v) is 12.5. The Morgan fingerprint density at radius 2 is 2.19 bits per heavy atom. The number of aliphatic carboxylic acids is 1. The highest BCUT2D eigenvalue weighted by Crippen LogP contribution is 2.32. The molecule has 0 fully saturated rings. The van der Waals surface area contributed by atoms with E-state index in [1.165, 1.54) is 5.57 Å². The van der Waals surface area contributed by atoms with Gasteiger partial charge in [-0.05, 0) is 36.6 Å². The summed E-state index contributed by atoms with van der Waals surface area (Å²) < 4.78 is 10.9. The van der Waals surface area contributed by atoms with Crippen molar-refractivity contribution in [2.45, 2.75) is 13.3 Å². The van der Waals surface area contributed by atoms with Crippen molar-refractivity contribution in [3.63, 3.8) is 0 Å². The van der Waals surface area contributed by atoms with Gasteiger partial charge in [-0.3, -0.25) is 9.69 Å². The monoisotopic (exact) mass is 291 g/mol. The van der Waals surface area contributed by atoms with Crippen LogP contribution < -0.4 is 9.47 Å². The van der Waals surface area contributed by atoms with Gasteiger partial charge < -0.3 is 14.6 Å². The summed E-state index contributed by atoms with van der Waals surface area (Å²) >= 11 is 0. The summed E-state index contributed by atoms with van der Waals surface area (Å²) in [5.74, 6) is 0.686. The maximum Gasteiger partial charge on any atom is 0.317 e. The summed E-state index contributed by atoms with van der Waals surface area (Å²) in [4.78, 5) is 12.6. The number of rotatable bonds is 6. The van der Waals surface area contributed by atoms with Gasteiger partial charge in [0.2, 0.25) is 0 Å². The van der Waals surface area contributed by atoms with Gasteiger partial charge in [0.25, 0.3) is 0 Å². The van der Waals surface area contributed by atoms with Crippen molar-refractivity contribution in [3.05, 3.63) is 29.8 Å². The molecule has 1 aromatic carbocycles. The number of carbonyl (C=O) groups is 1. The third-order valence-corrected chi connectivity index (χ3v) is 3.49. The Morgan fingerprint density at radius 1 is 1.38 bits per heavy atom. The lowest BCUT2D eigenvalue weighted by Crippen LogP contribution is -2.33. The first-order valence-electron chi connectivity index (χ1n) is 7.08. The molecule has 0 aliphatic carbocycles. The largest absolute Gasteiger partial charge is 0.493 e. The lowest BCUT2D eigenvalue weighted by Gasteiger charge is -2.25. The van der Waals surface area contributed by atoms with Crippen molar-refractivity contribution >= 4 is 11.5 Å². The maximum atomic E-state index is 10.7. The molecule has 0 amide bonds. The molecule has 1 aliphatic rings. The van der Waals surface area contributed by atoms with Gasteiger partial charge in [0, 0.05) is 13.1 Å². The van der Waals surface area contributed by atoms with Crippen LogP contribution in [0.2, 0.25) is 0 Å². The molecule has 0 saturated carbocycles. The van der Waals surface area contributed by atoms with Crippen LogP contribution in [0.4, 0.5) is 0 Å². The molecule has 21 heavy (non-hydrogen) atoms. The quantitative estimate of drug-likeness (QED) is 0.871. The zero-order chi connectivity index (χ0) is 15.2. The number of benzene rings is 1. The number of nitrogens with zero attached hydrogens (tertiary/aromatic N) is 1. The lowest BCUT2D eigenvalue weighted by molar-refractivity contribution is -0.138. The van der Waals surface area contributed by atoms with Crippen LogP contribution in [0.25, 0.3) is 5.57 Å². The molecular weight excluding hydrogens is 270 g/mol. The topological polar surface area (TPSA) is 59.0 Å². The lowest BCUT2D eigenvalue weighted by atomic mass is 9.99. The number of methoxy groups -OCH3 is 1. The first-order chi connectivity index (χ1) is 10.1. The van der Waals surface area contributed by atoms with Crippen molar-refractivity contribution in [2.75, 3.05) is 33.4 Å². The first-order valence-corrected chi connectivity index (χ1v) is 7.08. The van der Waals surface area contributed by atoms with Gasteiger partial charge in [0.05, 0.1) is 20.3 Å². The maximum absolute atomic E-state index is 10.7. The number of carboxylic acid groups (broad SMARTS) is 1. The zero-order valence-electron chi connectivity index (χ0n) is 12.5. The number of ether oxygens (including phenoxy) is 2. The van der Waals surface area contributed by atoms with Crippen LogP contribution in [0.1, 0.15) is 18.9 Å². The molecule has 0 saturated heterocycles. The number of hydrogen-bond donors (Lipinski definition) is 1. The third kappa shape index (κ3) is 3.98. The number of hydrogen-bond acceptors (Lipinski definition) is 4. The Bertz CT molecular complexity index is 539. The molecule has 1 aliphatic heterocycles. The molecule has 0 bridgehead atoms. The molecule has 5 heteroatoms. The highest BCUT2D eigenvalue weighted by molar-refractivity contribution is 5.71.